The number of hydrazine groups is 1. The Bertz CT molecular complexity index is 1210. The summed E-state index contributed by atoms with van der Waals surface area (Å²) in [5.74, 6) is -0.124. The molecule has 0 radical (unpaired) electrons. The molecule has 4 unspecified atom stereocenters. The molecular weight excluding hydrogens is 490 g/mol. The second-order valence-electron chi connectivity index (χ2n) is 9.26. The molecule has 2 aromatic carbocycles. The molecule has 3 aromatic rings. The summed E-state index contributed by atoms with van der Waals surface area (Å²) in [6.45, 7) is 0. The normalized spacial score (nSPS) is 24.7. The molecule has 0 spiro atoms. The minimum Gasteiger partial charge on any atom is -0.343 e. The van der Waals surface area contributed by atoms with Gasteiger partial charge >= 0.3 is 0 Å². The van der Waals surface area contributed by atoms with Crippen LogP contribution in [0.15, 0.2) is 48.5 Å². The number of benzene rings is 2. The minimum absolute atomic E-state index is 0.0499. The largest absolute Gasteiger partial charge is 0.343 e. The average Bonchev–Trinajstić information content (AvgIpc) is 3.43. The molecule has 6 N–H and O–H groups in total. The fourth-order valence-electron chi connectivity index (χ4n) is 5.15. The fourth-order valence-corrected chi connectivity index (χ4v) is 5.62. The number of rotatable bonds is 6. The van der Waals surface area contributed by atoms with Crippen LogP contribution in [0, 0.1) is 11.7 Å². The third-order valence-corrected chi connectivity index (χ3v) is 7.53. The number of aromatic amines is 1. The van der Waals surface area contributed by atoms with E-state index in [1.165, 1.54) is 18.2 Å². The molecule has 184 valence electrons. The lowest BCUT2D eigenvalue weighted by Gasteiger charge is -2.31. The SMILES string of the molecule is NC1NNC2CC(c3[nH]c([C@H](Cc4ccccc4)NC(=O)c4cc(Cl)ccc4F)nc3Cl)CCC12. The van der Waals surface area contributed by atoms with Gasteiger partial charge in [0.2, 0.25) is 0 Å². The van der Waals surface area contributed by atoms with Crippen LogP contribution in [0.4, 0.5) is 4.39 Å². The van der Waals surface area contributed by atoms with Crippen LogP contribution in [0.1, 0.15) is 58.7 Å². The first-order valence-electron chi connectivity index (χ1n) is 11.7. The number of H-pyrrole nitrogens is 1. The summed E-state index contributed by atoms with van der Waals surface area (Å²) < 4.78 is 14.4. The van der Waals surface area contributed by atoms with Gasteiger partial charge in [-0.3, -0.25) is 10.2 Å². The third kappa shape index (κ3) is 5.22. The van der Waals surface area contributed by atoms with E-state index in [0.717, 1.165) is 30.5 Å². The van der Waals surface area contributed by atoms with Gasteiger partial charge in [-0.15, -0.1) is 0 Å². The Morgan fingerprint density at radius 2 is 1.97 bits per heavy atom. The number of imidazole rings is 1. The van der Waals surface area contributed by atoms with Gasteiger partial charge in [-0.1, -0.05) is 53.5 Å². The first kappa shape index (κ1) is 24.2. The van der Waals surface area contributed by atoms with Crippen molar-refractivity contribution in [2.45, 2.75) is 49.9 Å². The number of nitrogens with zero attached hydrogens (tertiary/aromatic N) is 1. The number of carbonyl (C=O) groups excluding carboxylic acids is 1. The van der Waals surface area contributed by atoms with E-state index in [1.807, 2.05) is 30.3 Å². The van der Waals surface area contributed by atoms with Gasteiger partial charge in [0.25, 0.3) is 5.91 Å². The van der Waals surface area contributed by atoms with Crippen LogP contribution in [-0.2, 0) is 6.42 Å². The highest BCUT2D eigenvalue weighted by Gasteiger charge is 2.40. The lowest BCUT2D eigenvalue weighted by atomic mass is 9.77. The monoisotopic (exact) mass is 516 g/mol. The Labute approximate surface area is 213 Å². The van der Waals surface area contributed by atoms with Crippen LogP contribution in [0.25, 0.3) is 0 Å². The number of nitrogens with one attached hydrogen (secondary N) is 4. The molecule has 2 heterocycles. The molecule has 1 saturated heterocycles. The van der Waals surface area contributed by atoms with Gasteiger partial charge in [0.05, 0.1) is 23.5 Å². The first-order valence-corrected chi connectivity index (χ1v) is 12.5. The molecule has 10 heteroatoms. The summed E-state index contributed by atoms with van der Waals surface area (Å²) in [5.41, 5.74) is 14.3. The smallest absolute Gasteiger partial charge is 0.254 e. The van der Waals surface area contributed by atoms with E-state index < -0.39 is 17.8 Å². The maximum absolute atomic E-state index is 14.4. The summed E-state index contributed by atoms with van der Waals surface area (Å²) in [5, 5.41) is 3.59. The molecule has 7 nitrogen and oxygen atoms in total. The van der Waals surface area contributed by atoms with Gasteiger partial charge in [0.15, 0.2) is 5.15 Å². The maximum Gasteiger partial charge on any atom is 0.254 e. The summed E-state index contributed by atoms with van der Waals surface area (Å²) in [4.78, 5) is 21.0. The summed E-state index contributed by atoms with van der Waals surface area (Å²) >= 11 is 12.6. The lowest BCUT2D eigenvalue weighted by Crippen LogP contribution is -2.39. The van der Waals surface area contributed by atoms with E-state index in [9.17, 15) is 9.18 Å². The zero-order chi connectivity index (χ0) is 24.5. The van der Waals surface area contributed by atoms with Gasteiger partial charge in [-0.25, -0.2) is 14.8 Å². The van der Waals surface area contributed by atoms with Gasteiger partial charge in [0, 0.05) is 22.9 Å². The molecule has 2 fully saturated rings. The number of hydrogen-bond acceptors (Lipinski definition) is 5. The zero-order valence-electron chi connectivity index (χ0n) is 18.9. The van der Waals surface area contributed by atoms with E-state index in [4.69, 9.17) is 28.9 Å². The molecule has 5 atom stereocenters. The van der Waals surface area contributed by atoms with Crippen LogP contribution in [0.5, 0.6) is 0 Å². The predicted octanol–water partition coefficient (Wildman–Crippen LogP) is 4.21. The van der Waals surface area contributed by atoms with Crippen molar-refractivity contribution in [3.8, 4) is 0 Å². The first-order chi connectivity index (χ1) is 16.9. The highest BCUT2D eigenvalue weighted by atomic mass is 35.5. The highest BCUT2D eigenvalue weighted by molar-refractivity contribution is 6.31. The van der Waals surface area contributed by atoms with Crippen LogP contribution >= 0.6 is 23.2 Å². The molecular formula is C25H27Cl2FN6O. The van der Waals surface area contributed by atoms with Gasteiger partial charge in [-0.2, -0.15) is 0 Å². The highest BCUT2D eigenvalue weighted by Crippen LogP contribution is 2.40. The summed E-state index contributed by atoms with van der Waals surface area (Å²) in [6, 6.07) is 13.3. The molecule has 0 bridgehead atoms. The van der Waals surface area contributed by atoms with E-state index in [2.05, 4.69) is 26.1 Å². The number of fused-ring (bicyclic) bond motifs is 1. The summed E-state index contributed by atoms with van der Waals surface area (Å²) in [7, 11) is 0. The van der Waals surface area contributed by atoms with Crippen molar-refractivity contribution in [2.24, 2.45) is 11.7 Å². The zero-order valence-corrected chi connectivity index (χ0v) is 20.4. The average molecular weight is 517 g/mol. The number of carbonyl (C=O) groups is 1. The quantitative estimate of drug-likeness (QED) is 0.337. The second-order valence-corrected chi connectivity index (χ2v) is 10.1. The molecule has 1 saturated carbocycles. The Balaban J connectivity index is 1.41. The molecule has 1 amide bonds. The number of amides is 1. The standard InChI is InChI=1S/C25H27Cl2FN6O/c26-15-7-9-18(28)17(12-15)25(35)30-20(10-13-4-2-1-3-5-13)24-31-21(22(27)32-24)14-6-8-16-19(11-14)33-34-23(16)29/h1-5,7,9,12,14,16,19-20,23,33-34H,6,8,10-11,29H2,(H,30,35)(H,31,32)/t14?,16?,19?,20-,23?/m0/s1. The molecule has 1 aliphatic heterocycles. The van der Waals surface area contributed by atoms with Gasteiger partial charge < -0.3 is 16.0 Å². The second kappa shape index (κ2) is 10.2. The Kier molecular flexibility index (Phi) is 7.09. The lowest BCUT2D eigenvalue weighted by molar-refractivity contribution is 0.0930. The summed E-state index contributed by atoms with van der Waals surface area (Å²) in [6.07, 6.45) is 3.18. The van der Waals surface area contributed by atoms with Crippen molar-refractivity contribution in [3.63, 3.8) is 0 Å². The van der Waals surface area contributed by atoms with Crippen LogP contribution in [0.3, 0.4) is 0 Å². The van der Waals surface area contributed by atoms with Gasteiger partial charge in [-0.05, 0) is 49.4 Å². The van der Waals surface area contributed by atoms with E-state index >= 15 is 0 Å². The predicted molar refractivity (Wildman–Crippen MR) is 133 cm³/mol. The third-order valence-electron chi connectivity index (χ3n) is 7.00. The number of hydrogen-bond donors (Lipinski definition) is 5. The van der Waals surface area contributed by atoms with E-state index in [0.29, 0.717) is 23.3 Å². The van der Waals surface area contributed by atoms with Crippen molar-refractivity contribution in [1.82, 2.24) is 26.1 Å². The molecule has 35 heavy (non-hydrogen) atoms. The minimum atomic E-state index is -0.642. The van der Waals surface area contributed by atoms with Crippen molar-refractivity contribution >= 4 is 29.1 Å². The van der Waals surface area contributed by atoms with Crippen molar-refractivity contribution in [2.75, 3.05) is 0 Å². The number of aromatic nitrogens is 2. The Hall–Kier alpha value is -2.49. The van der Waals surface area contributed by atoms with Crippen LogP contribution in [0.2, 0.25) is 10.2 Å². The maximum atomic E-state index is 14.4. The number of halogens is 3. The van der Waals surface area contributed by atoms with Crippen LogP contribution in [-0.4, -0.2) is 28.1 Å². The van der Waals surface area contributed by atoms with Crippen LogP contribution < -0.4 is 21.9 Å². The topological polar surface area (TPSA) is 108 Å². The van der Waals surface area contributed by atoms with Crippen molar-refractivity contribution in [3.05, 3.63) is 87.2 Å². The molecule has 5 rings (SSSR count). The van der Waals surface area contributed by atoms with Crippen molar-refractivity contribution in [1.29, 1.82) is 0 Å². The Morgan fingerprint density at radius 3 is 2.77 bits per heavy atom. The molecule has 2 aliphatic rings. The molecule has 1 aliphatic carbocycles. The molecule has 1 aromatic heterocycles. The van der Waals surface area contributed by atoms with Crippen molar-refractivity contribution < 1.29 is 9.18 Å². The Morgan fingerprint density at radius 1 is 1.17 bits per heavy atom. The van der Waals surface area contributed by atoms with Gasteiger partial charge in [0.1, 0.15) is 11.6 Å². The van der Waals surface area contributed by atoms with E-state index in [-0.39, 0.29) is 28.7 Å². The van der Waals surface area contributed by atoms with E-state index in [1.54, 1.807) is 0 Å². The number of nitrogens with two attached hydrogens (primary N) is 1. The fraction of sp³-hybridized carbons (Fsp3) is 0.360.